The van der Waals surface area contributed by atoms with Gasteiger partial charge in [0.05, 0.1) is 6.16 Å². The number of nitrogens with zero attached hydrogens (tertiary/aromatic N) is 1. The van der Waals surface area contributed by atoms with E-state index in [1.54, 1.807) is 0 Å². The zero-order valence-corrected chi connectivity index (χ0v) is 17.1. The Bertz CT molecular complexity index is 756. The number of benzene rings is 2. The summed E-state index contributed by atoms with van der Waals surface area (Å²) in [6.07, 6.45) is 0.906. The van der Waals surface area contributed by atoms with Crippen LogP contribution < -0.4 is 5.73 Å². The predicted octanol–water partition coefficient (Wildman–Crippen LogP) is 3.87. The lowest BCUT2D eigenvalue weighted by molar-refractivity contribution is 0.241. The van der Waals surface area contributed by atoms with Crippen LogP contribution in [0.1, 0.15) is 42.5 Å². The van der Waals surface area contributed by atoms with Gasteiger partial charge in [-0.05, 0) is 41.1 Å². The summed E-state index contributed by atoms with van der Waals surface area (Å²) in [5, 5.41) is 0. The van der Waals surface area contributed by atoms with Gasteiger partial charge in [0.1, 0.15) is 0 Å². The molecule has 6 heteroatoms. The maximum atomic E-state index is 11.1. The van der Waals surface area contributed by atoms with Crippen molar-refractivity contribution in [3.05, 3.63) is 70.8 Å². The molecule has 2 aromatic carbocycles. The first-order chi connectivity index (χ1) is 12.7. The summed E-state index contributed by atoms with van der Waals surface area (Å²) in [4.78, 5) is 20.6. The number of rotatable bonds is 10. The first kappa shape index (κ1) is 21.8. The van der Waals surface area contributed by atoms with E-state index in [0.717, 1.165) is 37.2 Å². The molecule has 2 aromatic rings. The molecular weight excluding hydrogens is 359 g/mol. The molecule has 0 saturated carbocycles. The Morgan fingerprint density at radius 3 is 2.15 bits per heavy atom. The molecule has 0 aliphatic rings. The Morgan fingerprint density at radius 2 is 1.56 bits per heavy atom. The summed E-state index contributed by atoms with van der Waals surface area (Å²) in [6, 6.07) is 15.9. The second-order valence-electron chi connectivity index (χ2n) is 7.56. The van der Waals surface area contributed by atoms with Crippen LogP contribution in [0.15, 0.2) is 48.5 Å². The molecule has 0 bridgehead atoms. The van der Waals surface area contributed by atoms with E-state index in [-0.39, 0.29) is 6.16 Å². The van der Waals surface area contributed by atoms with Gasteiger partial charge >= 0.3 is 7.60 Å². The summed E-state index contributed by atoms with van der Waals surface area (Å²) in [7, 11) is -4.03. The molecular formula is C21H31N2O3P. The molecule has 148 valence electrons. The van der Waals surface area contributed by atoms with E-state index in [9.17, 15) is 4.57 Å². The summed E-state index contributed by atoms with van der Waals surface area (Å²) >= 11 is 0. The van der Waals surface area contributed by atoms with Gasteiger partial charge in [0.2, 0.25) is 0 Å². The van der Waals surface area contributed by atoms with Crippen LogP contribution in [0.4, 0.5) is 0 Å². The molecule has 0 radical (unpaired) electrons. The lowest BCUT2D eigenvalue weighted by atomic mass is 10.1. The molecule has 4 N–H and O–H groups in total. The summed E-state index contributed by atoms with van der Waals surface area (Å²) in [5.41, 5.74) is 9.95. The Kier molecular flexibility index (Phi) is 8.21. The van der Waals surface area contributed by atoms with Crippen LogP contribution in [0, 0.1) is 5.92 Å². The van der Waals surface area contributed by atoms with Crippen molar-refractivity contribution in [3.8, 4) is 0 Å². The lowest BCUT2D eigenvalue weighted by Crippen LogP contribution is -2.25. The minimum absolute atomic E-state index is 0.212. The minimum Gasteiger partial charge on any atom is -0.326 e. The SMILES string of the molecule is CC(C)CCN(Cc1ccc(CP(=O)(O)O)cc1)Cc1cccc(CN)c1. The highest BCUT2D eigenvalue weighted by Gasteiger charge is 2.14. The van der Waals surface area contributed by atoms with Crippen molar-refractivity contribution in [2.45, 2.75) is 46.1 Å². The molecule has 0 aliphatic heterocycles. The summed E-state index contributed by atoms with van der Waals surface area (Å²) in [6.45, 7) is 7.64. The van der Waals surface area contributed by atoms with Gasteiger partial charge in [-0.25, -0.2) is 0 Å². The quantitative estimate of drug-likeness (QED) is 0.536. The zero-order valence-electron chi connectivity index (χ0n) is 16.2. The Morgan fingerprint density at radius 1 is 0.963 bits per heavy atom. The molecule has 0 spiro atoms. The normalized spacial score (nSPS) is 12.1. The average molecular weight is 390 g/mol. The number of hydrogen-bond donors (Lipinski definition) is 3. The third-order valence-corrected chi connectivity index (χ3v) is 5.25. The molecule has 0 aliphatic carbocycles. The van der Waals surface area contributed by atoms with E-state index in [1.165, 1.54) is 5.56 Å². The molecule has 0 aromatic heterocycles. The Hall–Kier alpha value is -1.49. The fourth-order valence-electron chi connectivity index (χ4n) is 3.01. The van der Waals surface area contributed by atoms with Crippen molar-refractivity contribution >= 4 is 7.60 Å². The van der Waals surface area contributed by atoms with Crippen molar-refractivity contribution in [1.29, 1.82) is 0 Å². The topological polar surface area (TPSA) is 86.8 Å². The summed E-state index contributed by atoms with van der Waals surface area (Å²) in [5.74, 6) is 0.633. The molecule has 0 saturated heterocycles. The van der Waals surface area contributed by atoms with E-state index in [4.69, 9.17) is 15.5 Å². The Balaban J connectivity index is 2.08. The van der Waals surface area contributed by atoms with Gasteiger partial charge < -0.3 is 15.5 Å². The van der Waals surface area contributed by atoms with Crippen molar-refractivity contribution in [3.63, 3.8) is 0 Å². The number of nitrogens with two attached hydrogens (primary N) is 1. The monoisotopic (exact) mass is 390 g/mol. The van der Waals surface area contributed by atoms with Gasteiger partial charge in [-0.3, -0.25) is 9.46 Å². The van der Waals surface area contributed by atoms with Gasteiger partial charge in [0, 0.05) is 19.6 Å². The molecule has 0 atom stereocenters. The van der Waals surface area contributed by atoms with Crippen molar-refractivity contribution in [2.24, 2.45) is 11.7 Å². The highest BCUT2D eigenvalue weighted by atomic mass is 31.2. The molecule has 2 rings (SSSR count). The van der Waals surface area contributed by atoms with Crippen molar-refractivity contribution < 1.29 is 14.4 Å². The van der Waals surface area contributed by atoms with Crippen LogP contribution in [0.2, 0.25) is 0 Å². The van der Waals surface area contributed by atoms with E-state index in [0.29, 0.717) is 18.0 Å². The third kappa shape index (κ3) is 8.37. The fourth-order valence-corrected chi connectivity index (χ4v) is 3.70. The van der Waals surface area contributed by atoms with Crippen LogP contribution in [-0.4, -0.2) is 21.2 Å². The molecule has 5 nitrogen and oxygen atoms in total. The first-order valence-corrected chi connectivity index (χ1v) is 11.2. The number of hydrogen-bond acceptors (Lipinski definition) is 3. The molecule has 0 heterocycles. The maximum absolute atomic E-state index is 11.1. The van der Waals surface area contributed by atoms with E-state index >= 15 is 0 Å². The standard InChI is InChI=1S/C21H31N2O3P/c1-17(2)10-11-23(15-21-5-3-4-20(12-21)13-22)14-18-6-8-19(9-7-18)16-27(24,25)26/h3-9,12,17H,10-11,13-16,22H2,1-2H3,(H2,24,25,26). The van der Waals surface area contributed by atoms with Crippen LogP contribution >= 0.6 is 7.60 Å². The molecule has 0 amide bonds. The maximum Gasteiger partial charge on any atom is 0.329 e. The molecule has 0 unspecified atom stereocenters. The second-order valence-corrected chi connectivity index (χ2v) is 9.20. The predicted molar refractivity (Wildman–Crippen MR) is 110 cm³/mol. The van der Waals surface area contributed by atoms with Crippen LogP contribution in [-0.2, 0) is 30.4 Å². The first-order valence-electron chi connectivity index (χ1n) is 9.38. The van der Waals surface area contributed by atoms with Crippen LogP contribution in [0.3, 0.4) is 0 Å². The smallest absolute Gasteiger partial charge is 0.326 e. The minimum atomic E-state index is -4.03. The molecule has 27 heavy (non-hydrogen) atoms. The van der Waals surface area contributed by atoms with E-state index < -0.39 is 7.60 Å². The third-order valence-electron chi connectivity index (χ3n) is 4.47. The van der Waals surface area contributed by atoms with E-state index in [1.807, 2.05) is 30.3 Å². The van der Waals surface area contributed by atoms with Crippen molar-refractivity contribution in [1.82, 2.24) is 4.90 Å². The van der Waals surface area contributed by atoms with Gasteiger partial charge in [-0.1, -0.05) is 62.4 Å². The zero-order chi connectivity index (χ0) is 19.9. The lowest BCUT2D eigenvalue weighted by Gasteiger charge is -2.24. The van der Waals surface area contributed by atoms with Gasteiger partial charge in [0.25, 0.3) is 0 Å². The molecule has 0 fully saturated rings. The van der Waals surface area contributed by atoms with Crippen LogP contribution in [0.5, 0.6) is 0 Å². The highest BCUT2D eigenvalue weighted by molar-refractivity contribution is 7.50. The van der Waals surface area contributed by atoms with Gasteiger partial charge in [0.15, 0.2) is 0 Å². The Labute approximate surface area is 162 Å². The van der Waals surface area contributed by atoms with Gasteiger partial charge in [-0.15, -0.1) is 0 Å². The largest absolute Gasteiger partial charge is 0.329 e. The van der Waals surface area contributed by atoms with Crippen molar-refractivity contribution in [2.75, 3.05) is 6.54 Å². The average Bonchev–Trinajstić information content (AvgIpc) is 2.60. The van der Waals surface area contributed by atoms with Gasteiger partial charge in [-0.2, -0.15) is 0 Å². The fraction of sp³-hybridized carbons (Fsp3) is 0.429. The highest BCUT2D eigenvalue weighted by Crippen LogP contribution is 2.38. The summed E-state index contributed by atoms with van der Waals surface area (Å²) < 4.78 is 11.1. The van der Waals surface area contributed by atoms with Crippen LogP contribution in [0.25, 0.3) is 0 Å². The second kappa shape index (κ2) is 10.2. The van der Waals surface area contributed by atoms with E-state index in [2.05, 4.69) is 36.9 Å².